The zero-order valence-electron chi connectivity index (χ0n) is 10.1. The maximum Gasteiger partial charge on any atom is 0.190 e. The van der Waals surface area contributed by atoms with Crippen LogP contribution in [0.15, 0.2) is 18.2 Å². The number of hydrogen-bond acceptors (Lipinski definition) is 4. The van der Waals surface area contributed by atoms with E-state index < -0.39 is 11.6 Å². The zero-order valence-corrected chi connectivity index (χ0v) is 10.1. The van der Waals surface area contributed by atoms with Gasteiger partial charge in [0.2, 0.25) is 0 Å². The van der Waals surface area contributed by atoms with Gasteiger partial charge in [0, 0.05) is 0 Å². The SMILES string of the molecule is CCCCc1cc(O)c2c(c1O)C(=O)C=CC2=O. The number of benzene rings is 1. The lowest BCUT2D eigenvalue weighted by molar-refractivity contribution is 0.0989. The summed E-state index contributed by atoms with van der Waals surface area (Å²) in [5.74, 6) is -1.33. The van der Waals surface area contributed by atoms with Crippen LogP contribution in [0.4, 0.5) is 0 Å². The second-order valence-electron chi connectivity index (χ2n) is 4.32. The average Bonchev–Trinajstić information content (AvgIpc) is 2.34. The minimum atomic E-state index is -0.459. The normalized spacial score (nSPS) is 13.8. The van der Waals surface area contributed by atoms with Crippen LogP contribution >= 0.6 is 0 Å². The van der Waals surface area contributed by atoms with E-state index in [0.29, 0.717) is 12.0 Å². The van der Waals surface area contributed by atoms with E-state index in [1.807, 2.05) is 6.92 Å². The molecule has 0 fully saturated rings. The van der Waals surface area contributed by atoms with Gasteiger partial charge in [0.1, 0.15) is 11.5 Å². The fraction of sp³-hybridized carbons (Fsp3) is 0.286. The molecule has 2 N–H and O–H groups in total. The molecular weight excluding hydrogens is 232 g/mol. The molecule has 0 atom stereocenters. The van der Waals surface area contributed by atoms with Gasteiger partial charge in [-0.1, -0.05) is 13.3 Å². The topological polar surface area (TPSA) is 74.6 Å². The summed E-state index contributed by atoms with van der Waals surface area (Å²) in [6.45, 7) is 2.01. The minimum absolute atomic E-state index is 0.0754. The van der Waals surface area contributed by atoms with Gasteiger partial charge in [-0.05, 0) is 36.6 Å². The Morgan fingerprint density at radius 1 is 1.06 bits per heavy atom. The lowest BCUT2D eigenvalue weighted by Gasteiger charge is -2.15. The number of phenols is 2. The molecule has 0 spiro atoms. The average molecular weight is 246 g/mol. The Bertz CT molecular complexity index is 555. The van der Waals surface area contributed by atoms with Crippen molar-refractivity contribution in [3.05, 3.63) is 34.9 Å². The number of unbranched alkanes of at least 4 members (excludes halogenated alkanes) is 1. The van der Waals surface area contributed by atoms with Crippen LogP contribution in [0.1, 0.15) is 46.0 Å². The third-order valence-electron chi connectivity index (χ3n) is 3.04. The number of phenolic OH excluding ortho intramolecular Hbond substituents is 2. The first-order valence-corrected chi connectivity index (χ1v) is 5.90. The molecule has 0 saturated carbocycles. The first kappa shape index (κ1) is 12.4. The van der Waals surface area contributed by atoms with Gasteiger partial charge < -0.3 is 10.2 Å². The molecule has 0 amide bonds. The molecule has 1 aromatic rings. The van der Waals surface area contributed by atoms with E-state index in [2.05, 4.69) is 0 Å². The third-order valence-corrected chi connectivity index (χ3v) is 3.04. The van der Waals surface area contributed by atoms with Crippen molar-refractivity contribution in [2.75, 3.05) is 0 Å². The molecule has 0 heterocycles. The minimum Gasteiger partial charge on any atom is -0.507 e. The van der Waals surface area contributed by atoms with Crippen LogP contribution in [0.25, 0.3) is 0 Å². The molecule has 0 unspecified atom stereocenters. The van der Waals surface area contributed by atoms with Crippen molar-refractivity contribution in [1.29, 1.82) is 0 Å². The van der Waals surface area contributed by atoms with Crippen LogP contribution in [-0.4, -0.2) is 21.8 Å². The van der Waals surface area contributed by atoms with Crippen molar-refractivity contribution in [3.63, 3.8) is 0 Å². The van der Waals surface area contributed by atoms with E-state index in [1.165, 1.54) is 6.07 Å². The molecule has 18 heavy (non-hydrogen) atoms. The Labute approximate surface area is 105 Å². The largest absolute Gasteiger partial charge is 0.507 e. The van der Waals surface area contributed by atoms with Crippen molar-refractivity contribution in [2.45, 2.75) is 26.2 Å². The number of hydrogen-bond donors (Lipinski definition) is 2. The monoisotopic (exact) mass is 246 g/mol. The van der Waals surface area contributed by atoms with Crippen LogP contribution in [-0.2, 0) is 6.42 Å². The summed E-state index contributed by atoms with van der Waals surface area (Å²) in [7, 11) is 0. The first-order chi connectivity index (χ1) is 8.56. The van der Waals surface area contributed by atoms with Gasteiger partial charge in [-0.3, -0.25) is 9.59 Å². The van der Waals surface area contributed by atoms with Gasteiger partial charge in [0.15, 0.2) is 11.6 Å². The summed E-state index contributed by atoms with van der Waals surface area (Å²) in [5, 5.41) is 19.9. The summed E-state index contributed by atoms with van der Waals surface area (Å²) < 4.78 is 0. The number of carbonyl (C=O) groups is 2. The summed E-state index contributed by atoms with van der Waals surface area (Å²) in [6, 6.07) is 1.37. The van der Waals surface area contributed by atoms with Crippen molar-refractivity contribution >= 4 is 11.6 Å². The molecule has 2 rings (SSSR count). The first-order valence-electron chi connectivity index (χ1n) is 5.90. The van der Waals surface area contributed by atoms with E-state index >= 15 is 0 Å². The third kappa shape index (κ3) is 1.90. The van der Waals surface area contributed by atoms with Crippen LogP contribution < -0.4 is 0 Å². The molecule has 0 aliphatic heterocycles. The Balaban J connectivity index is 2.60. The molecule has 1 aromatic carbocycles. The summed E-state index contributed by atoms with van der Waals surface area (Å²) >= 11 is 0. The fourth-order valence-corrected chi connectivity index (χ4v) is 2.08. The summed E-state index contributed by atoms with van der Waals surface area (Å²) in [5.41, 5.74) is 0.332. The van der Waals surface area contributed by atoms with Gasteiger partial charge >= 0.3 is 0 Å². The number of ketones is 2. The number of allylic oxidation sites excluding steroid dienone is 2. The highest BCUT2D eigenvalue weighted by Gasteiger charge is 2.27. The van der Waals surface area contributed by atoms with Crippen LogP contribution in [0.3, 0.4) is 0 Å². The van der Waals surface area contributed by atoms with E-state index in [-0.39, 0.29) is 22.6 Å². The lowest BCUT2D eigenvalue weighted by Crippen LogP contribution is -2.13. The smallest absolute Gasteiger partial charge is 0.190 e. The molecular formula is C14H14O4. The van der Waals surface area contributed by atoms with Crippen molar-refractivity contribution in [3.8, 4) is 11.5 Å². The van der Waals surface area contributed by atoms with Crippen LogP contribution in [0, 0.1) is 0 Å². The molecule has 0 aromatic heterocycles. The molecule has 1 aliphatic carbocycles. The van der Waals surface area contributed by atoms with Crippen LogP contribution in [0.5, 0.6) is 11.5 Å². The number of rotatable bonds is 3. The predicted octanol–water partition coefficient (Wildman–Crippen LogP) is 2.38. The maximum atomic E-state index is 11.7. The number of aromatic hydroxyl groups is 2. The molecule has 1 aliphatic rings. The molecule has 0 bridgehead atoms. The Kier molecular flexibility index (Phi) is 3.19. The Morgan fingerprint density at radius 3 is 2.28 bits per heavy atom. The highest BCUT2D eigenvalue weighted by atomic mass is 16.3. The molecule has 0 saturated heterocycles. The molecule has 4 nitrogen and oxygen atoms in total. The van der Waals surface area contributed by atoms with Crippen LogP contribution in [0.2, 0.25) is 0 Å². The zero-order chi connectivity index (χ0) is 13.3. The predicted molar refractivity (Wildman–Crippen MR) is 66.2 cm³/mol. The number of carbonyl (C=O) groups excluding carboxylic acids is 2. The highest BCUT2D eigenvalue weighted by Crippen LogP contribution is 2.36. The van der Waals surface area contributed by atoms with Crippen molar-refractivity contribution in [1.82, 2.24) is 0 Å². The molecule has 4 heteroatoms. The van der Waals surface area contributed by atoms with E-state index in [0.717, 1.165) is 25.0 Å². The van der Waals surface area contributed by atoms with Gasteiger partial charge in [-0.2, -0.15) is 0 Å². The Hall–Kier alpha value is -2.10. The maximum absolute atomic E-state index is 11.7. The van der Waals surface area contributed by atoms with E-state index in [9.17, 15) is 19.8 Å². The second kappa shape index (κ2) is 4.64. The van der Waals surface area contributed by atoms with Crippen molar-refractivity contribution in [2.24, 2.45) is 0 Å². The standard InChI is InChI=1S/C14H14O4/c1-2-3-4-8-7-11(17)12-9(15)5-6-10(16)13(12)14(8)18/h5-7,17-18H,2-4H2,1H3. The quantitative estimate of drug-likeness (QED) is 0.803. The second-order valence-corrected chi connectivity index (χ2v) is 4.32. The van der Waals surface area contributed by atoms with Gasteiger partial charge in [0.05, 0.1) is 11.1 Å². The number of fused-ring (bicyclic) bond motifs is 1. The van der Waals surface area contributed by atoms with E-state index in [4.69, 9.17) is 0 Å². The van der Waals surface area contributed by atoms with Crippen molar-refractivity contribution < 1.29 is 19.8 Å². The van der Waals surface area contributed by atoms with Gasteiger partial charge in [-0.15, -0.1) is 0 Å². The Morgan fingerprint density at radius 2 is 1.67 bits per heavy atom. The molecule has 0 radical (unpaired) electrons. The highest BCUT2D eigenvalue weighted by molar-refractivity contribution is 6.24. The summed E-state index contributed by atoms with van der Waals surface area (Å²) in [6.07, 6.45) is 4.56. The lowest BCUT2D eigenvalue weighted by atomic mass is 9.89. The van der Waals surface area contributed by atoms with Gasteiger partial charge in [-0.25, -0.2) is 0 Å². The molecule has 94 valence electrons. The number of aryl methyl sites for hydroxylation is 1. The van der Waals surface area contributed by atoms with Gasteiger partial charge in [0.25, 0.3) is 0 Å². The van der Waals surface area contributed by atoms with E-state index in [1.54, 1.807) is 0 Å². The fourth-order valence-electron chi connectivity index (χ4n) is 2.08. The summed E-state index contributed by atoms with van der Waals surface area (Å²) in [4.78, 5) is 23.3.